The van der Waals surface area contributed by atoms with Gasteiger partial charge < -0.3 is 5.32 Å². The molecular formula is C14H15N3O3S. The minimum Gasteiger partial charge on any atom is -0.326 e. The number of benzene rings is 1. The Bertz CT molecular complexity index is 755. The summed E-state index contributed by atoms with van der Waals surface area (Å²) in [6.07, 6.45) is 1.79. The highest BCUT2D eigenvalue weighted by molar-refractivity contribution is 7.89. The van der Waals surface area contributed by atoms with Gasteiger partial charge in [-0.15, -0.1) is 0 Å². The van der Waals surface area contributed by atoms with Crippen molar-refractivity contribution in [2.24, 2.45) is 5.14 Å². The molecule has 0 aliphatic rings. The van der Waals surface area contributed by atoms with Gasteiger partial charge in [0.2, 0.25) is 15.9 Å². The van der Waals surface area contributed by atoms with Gasteiger partial charge in [-0.25, -0.2) is 13.6 Å². The summed E-state index contributed by atoms with van der Waals surface area (Å²) in [5.74, 6) is -0.222. The van der Waals surface area contributed by atoms with E-state index < -0.39 is 10.0 Å². The van der Waals surface area contributed by atoms with Crippen LogP contribution in [0.3, 0.4) is 0 Å². The second-order valence-corrected chi connectivity index (χ2v) is 6.12. The smallest absolute Gasteiger partial charge is 0.238 e. The summed E-state index contributed by atoms with van der Waals surface area (Å²) >= 11 is 0. The summed E-state index contributed by atoms with van der Waals surface area (Å²) in [5.41, 5.74) is 2.15. The maximum absolute atomic E-state index is 11.9. The fourth-order valence-corrected chi connectivity index (χ4v) is 2.30. The third kappa shape index (κ3) is 4.11. The Hall–Kier alpha value is -2.25. The van der Waals surface area contributed by atoms with Crippen LogP contribution in [0.5, 0.6) is 0 Å². The Kier molecular flexibility index (Phi) is 4.35. The zero-order valence-electron chi connectivity index (χ0n) is 11.4. The van der Waals surface area contributed by atoms with Crippen molar-refractivity contribution in [3.63, 3.8) is 0 Å². The first-order valence-corrected chi connectivity index (χ1v) is 7.74. The number of nitrogens with one attached hydrogen (secondary N) is 1. The van der Waals surface area contributed by atoms with E-state index in [0.717, 1.165) is 5.56 Å². The number of aromatic nitrogens is 1. The van der Waals surface area contributed by atoms with E-state index in [1.807, 2.05) is 19.1 Å². The molecule has 0 saturated heterocycles. The number of anilines is 1. The fraction of sp³-hybridized carbons (Fsp3) is 0.143. The number of primary sulfonamides is 1. The number of carbonyl (C=O) groups excluding carboxylic acids is 1. The maximum Gasteiger partial charge on any atom is 0.238 e. The minimum absolute atomic E-state index is 0.000990. The molecule has 0 saturated carbocycles. The third-order valence-electron chi connectivity index (χ3n) is 2.91. The van der Waals surface area contributed by atoms with Gasteiger partial charge >= 0.3 is 0 Å². The van der Waals surface area contributed by atoms with Gasteiger partial charge in [0.25, 0.3) is 0 Å². The van der Waals surface area contributed by atoms with Crippen molar-refractivity contribution >= 4 is 21.6 Å². The number of nitrogens with two attached hydrogens (primary N) is 1. The fourth-order valence-electron chi connectivity index (χ4n) is 1.79. The van der Waals surface area contributed by atoms with Crippen LogP contribution < -0.4 is 10.5 Å². The number of hydrogen-bond acceptors (Lipinski definition) is 4. The summed E-state index contributed by atoms with van der Waals surface area (Å²) in [4.78, 5) is 16.1. The third-order valence-corrected chi connectivity index (χ3v) is 3.84. The van der Waals surface area contributed by atoms with Crippen LogP contribution in [0.4, 0.5) is 5.69 Å². The SMILES string of the molecule is Cc1cccnc1CC(=O)Nc1ccc(S(N)(=O)=O)cc1. The predicted octanol–water partition coefficient (Wildman–Crippen LogP) is 1.22. The molecule has 0 aliphatic carbocycles. The van der Waals surface area contributed by atoms with Crippen molar-refractivity contribution < 1.29 is 13.2 Å². The normalized spacial score (nSPS) is 11.1. The van der Waals surface area contributed by atoms with Crippen LogP contribution in [-0.2, 0) is 21.2 Å². The number of sulfonamides is 1. The number of aryl methyl sites for hydroxylation is 1. The summed E-state index contributed by atoms with van der Waals surface area (Å²) in [6, 6.07) is 9.36. The molecule has 0 aliphatic heterocycles. The number of amides is 1. The van der Waals surface area contributed by atoms with Crippen LogP contribution in [0.25, 0.3) is 0 Å². The molecule has 1 heterocycles. The Balaban J connectivity index is 2.05. The Morgan fingerprint density at radius 2 is 1.90 bits per heavy atom. The predicted molar refractivity (Wildman–Crippen MR) is 79.1 cm³/mol. The molecule has 2 aromatic rings. The number of pyridine rings is 1. The molecule has 1 amide bonds. The monoisotopic (exact) mass is 305 g/mol. The topological polar surface area (TPSA) is 102 Å². The number of rotatable bonds is 4. The second kappa shape index (κ2) is 6.02. The van der Waals surface area contributed by atoms with Gasteiger partial charge in [-0.3, -0.25) is 9.78 Å². The number of nitrogens with zero attached hydrogens (tertiary/aromatic N) is 1. The van der Waals surface area contributed by atoms with E-state index in [2.05, 4.69) is 10.3 Å². The first kappa shape index (κ1) is 15.1. The van der Waals surface area contributed by atoms with Crippen LogP contribution in [0.2, 0.25) is 0 Å². The van der Waals surface area contributed by atoms with Gasteiger partial charge in [0, 0.05) is 11.9 Å². The van der Waals surface area contributed by atoms with E-state index >= 15 is 0 Å². The van der Waals surface area contributed by atoms with Crippen molar-refractivity contribution in [2.75, 3.05) is 5.32 Å². The first-order chi connectivity index (χ1) is 9.86. The van der Waals surface area contributed by atoms with Crippen LogP contribution in [-0.4, -0.2) is 19.3 Å². The molecule has 1 aromatic carbocycles. The molecule has 0 bridgehead atoms. The quantitative estimate of drug-likeness (QED) is 0.886. The highest BCUT2D eigenvalue weighted by Crippen LogP contribution is 2.13. The zero-order valence-corrected chi connectivity index (χ0v) is 12.2. The first-order valence-electron chi connectivity index (χ1n) is 6.19. The van der Waals surface area contributed by atoms with Crippen LogP contribution >= 0.6 is 0 Å². The number of carbonyl (C=O) groups is 1. The van der Waals surface area contributed by atoms with Crippen LogP contribution in [0.15, 0.2) is 47.5 Å². The van der Waals surface area contributed by atoms with E-state index in [9.17, 15) is 13.2 Å². The summed E-state index contributed by atoms with van der Waals surface area (Å²) in [7, 11) is -3.72. The molecule has 6 nitrogen and oxygen atoms in total. The largest absolute Gasteiger partial charge is 0.326 e. The lowest BCUT2D eigenvalue weighted by molar-refractivity contribution is -0.115. The number of hydrogen-bond donors (Lipinski definition) is 2. The highest BCUT2D eigenvalue weighted by Gasteiger charge is 2.09. The average molecular weight is 305 g/mol. The lowest BCUT2D eigenvalue weighted by atomic mass is 10.1. The zero-order chi connectivity index (χ0) is 15.5. The van der Waals surface area contributed by atoms with Gasteiger partial charge in [0.1, 0.15) is 0 Å². The molecule has 0 spiro atoms. The van der Waals surface area contributed by atoms with Crippen molar-refractivity contribution in [3.05, 3.63) is 53.9 Å². The molecule has 3 N–H and O–H groups in total. The van der Waals surface area contributed by atoms with Crippen molar-refractivity contribution in [2.45, 2.75) is 18.2 Å². The van der Waals surface area contributed by atoms with Crippen molar-refractivity contribution in [3.8, 4) is 0 Å². The molecule has 110 valence electrons. The summed E-state index contributed by atoms with van der Waals surface area (Å²) < 4.78 is 22.3. The van der Waals surface area contributed by atoms with E-state index in [0.29, 0.717) is 11.4 Å². The van der Waals surface area contributed by atoms with Gasteiger partial charge in [0.05, 0.1) is 17.0 Å². The van der Waals surface area contributed by atoms with Crippen molar-refractivity contribution in [1.29, 1.82) is 0 Å². The molecule has 0 fully saturated rings. The maximum atomic E-state index is 11.9. The molecule has 0 unspecified atom stereocenters. The molecule has 1 aromatic heterocycles. The molecule has 7 heteroatoms. The second-order valence-electron chi connectivity index (χ2n) is 4.56. The Labute approximate surface area is 123 Å². The lowest BCUT2D eigenvalue weighted by Crippen LogP contribution is -2.16. The molecule has 0 radical (unpaired) electrons. The molecule has 21 heavy (non-hydrogen) atoms. The Morgan fingerprint density at radius 1 is 1.24 bits per heavy atom. The summed E-state index contributed by atoms with van der Waals surface area (Å²) in [6.45, 7) is 1.89. The van der Waals surface area contributed by atoms with E-state index in [4.69, 9.17) is 5.14 Å². The van der Waals surface area contributed by atoms with E-state index in [1.54, 1.807) is 6.20 Å². The van der Waals surface area contributed by atoms with E-state index in [1.165, 1.54) is 24.3 Å². The van der Waals surface area contributed by atoms with Gasteiger partial charge in [-0.05, 0) is 42.8 Å². The summed E-state index contributed by atoms with van der Waals surface area (Å²) in [5, 5.41) is 7.69. The van der Waals surface area contributed by atoms with Crippen molar-refractivity contribution in [1.82, 2.24) is 4.98 Å². The van der Waals surface area contributed by atoms with Gasteiger partial charge in [-0.1, -0.05) is 6.07 Å². The molecule has 0 atom stereocenters. The van der Waals surface area contributed by atoms with Gasteiger partial charge in [-0.2, -0.15) is 0 Å². The lowest BCUT2D eigenvalue weighted by Gasteiger charge is -2.07. The van der Waals surface area contributed by atoms with E-state index in [-0.39, 0.29) is 17.2 Å². The standard InChI is InChI=1S/C14H15N3O3S/c1-10-3-2-8-16-13(10)9-14(18)17-11-4-6-12(7-5-11)21(15,19)20/h2-8H,9H2,1H3,(H,17,18)(H2,15,19,20). The van der Waals surface area contributed by atoms with Gasteiger partial charge in [0.15, 0.2) is 0 Å². The minimum atomic E-state index is -3.72. The van der Waals surface area contributed by atoms with Crippen LogP contribution in [0.1, 0.15) is 11.3 Å². The Morgan fingerprint density at radius 3 is 2.48 bits per heavy atom. The average Bonchev–Trinajstić information content (AvgIpc) is 2.41. The highest BCUT2D eigenvalue weighted by atomic mass is 32.2. The molecular weight excluding hydrogens is 290 g/mol. The van der Waals surface area contributed by atoms with Crippen LogP contribution in [0, 0.1) is 6.92 Å². The molecule has 2 rings (SSSR count).